The van der Waals surface area contributed by atoms with Crippen LogP contribution in [0.3, 0.4) is 0 Å². The third kappa shape index (κ3) is 3.01. The van der Waals surface area contributed by atoms with Crippen LogP contribution in [0.2, 0.25) is 0 Å². The number of carbonyl (C=O) groups is 1. The van der Waals surface area contributed by atoms with Crippen LogP contribution in [0.1, 0.15) is 10.4 Å². The van der Waals surface area contributed by atoms with Crippen molar-refractivity contribution in [2.75, 3.05) is 11.6 Å². The van der Waals surface area contributed by atoms with Crippen LogP contribution in [0, 0.1) is 5.21 Å². The second-order valence-corrected chi connectivity index (χ2v) is 4.51. The topological polar surface area (TPSA) is 56.0 Å². The summed E-state index contributed by atoms with van der Waals surface area (Å²) in [5.41, 5.74) is 1.20. The highest BCUT2D eigenvalue weighted by Crippen LogP contribution is 2.19. The number of aromatic nitrogens is 1. The Bertz CT molecular complexity index is 555. The van der Waals surface area contributed by atoms with Gasteiger partial charge >= 0.3 is 0 Å². The zero-order valence-electron chi connectivity index (χ0n) is 9.79. The molecule has 2 rings (SSSR count). The van der Waals surface area contributed by atoms with E-state index in [0.717, 1.165) is 10.6 Å². The van der Waals surface area contributed by atoms with E-state index in [1.807, 2.05) is 30.5 Å². The minimum Gasteiger partial charge on any atom is -0.619 e. The Balaban J connectivity index is 2.13. The van der Waals surface area contributed by atoms with E-state index in [2.05, 4.69) is 5.32 Å². The molecule has 1 aromatic heterocycles. The molecule has 0 spiro atoms. The number of nitrogens with one attached hydrogen (secondary N) is 1. The third-order valence-electron chi connectivity index (χ3n) is 2.39. The molecule has 92 valence electrons. The number of rotatable bonds is 3. The minimum absolute atomic E-state index is 0.228. The molecule has 0 radical (unpaired) electrons. The van der Waals surface area contributed by atoms with Crippen molar-refractivity contribution in [2.45, 2.75) is 4.90 Å². The predicted molar refractivity (Wildman–Crippen MR) is 71.6 cm³/mol. The van der Waals surface area contributed by atoms with Crippen molar-refractivity contribution in [1.82, 2.24) is 0 Å². The van der Waals surface area contributed by atoms with Crippen molar-refractivity contribution in [3.8, 4) is 0 Å². The van der Waals surface area contributed by atoms with Crippen LogP contribution in [0.5, 0.6) is 0 Å². The lowest BCUT2D eigenvalue weighted by atomic mass is 10.2. The van der Waals surface area contributed by atoms with Gasteiger partial charge in [-0.15, -0.1) is 11.8 Å². The van der Waals surface area contributed by atoms with Crippen LogP contribution < -0.4 is 10.0 Å². The first-order valence-electron chi connectivity index (χ1n) is 5.33. The molecule has 0 aliphatic rings. The number of benzene rings is 1. The summed E-state index contributed by atoms with van der Waals surface area (Å²) < 4.78 is 0.644. The number of thioether (sulfide) groups is 1. The van der Waals surface area contributed by atoms with E-state index in [9.17, 15) is 10.0 Å². The molecule has 1 N–H and O–H groups in total. The highest BCUT2D eigenvalue weighted by atomic mass is 32.2. The van der Waals surface area contributed by atoms with Crippen LogP contribution in [-0.4, -0.2) is 12.2 Å². The van der Waals surface area contributed by atoms with Gasteiger partial charge in [-0.3, -0.25) is 4.79 Å². The molecule has 0 fully saturated rings. The Morgan fingerprint density at radius 2 is 2.00 bits per heavy atom. The summed E-state index contributed by atoms with van der Waals surface area (Å²) in [5, 5.41) is 13.7. The summed E-state index contributed by atoms with van der Waals surface area (Å²) in [5.74, 6) is -0.228. The molecule has 2 aromatic rings. The van der Waals surface area contributed by atoms with Crippen molar-refractivity contribution < 1.29 is 9.52 Å². The maximum Gasteiger partial charge on any atom is 0.256 e. The van der Waals surface area contributed by atoms with E-state index in [4.69, 9.17) is 0 Å². The van der Waals surface area contributed by atoms with Crippen molar-refractivity contribution in [1.29, 1.82) is 0 Å². The van der Waals surface area contributed by atoms with Gasteiger partial charge in [0, 0.05) is 22.7 Å². The number of amides is 1. The van der Waals surface area contributed by atoms with Gasteiger partial charge in [0.05, 0.1) is 5.56 Å². The van der Waals surface area contributed by atoms with Gasteiger partial charge in [0.15, 0.2) is 12.4 Å². The van der Waals surface area contributed by atoms with E-state index in [1.165, 1.54) is 24.5 Å². The molecule has 4 nitrogen and oxygen atoms in total. The number of hydrogen-bond donors (Lipinski definition) is 1. The van der Waals surface area contributed by atoms with E-state index < -0.39 is 0 Å². The Kier molecular flexibility index (Phi) is 3.84. The molecule has 1 amide bonds. The van der Waals surface area contributed by atoms with Crippen LogP contribution in [-0.2, 0) is 0 Å². The Morgan fingerprint density at radius 1 is 1.28 bits per heavy atom. The molecule has 0 aliphatic carbocycles. The van der Waals surface area contributed by atoms with Gasteiger partial charge in [0.1, 0.15) is 0 Å². The van der Waals surface area contributed by atoms with Gasteiger partial charge in [0.2, 0.25) is 0 Å². The van der Waals surface area contributed by atoms with Gasteiger partial charge in [0.25, 0.3) is 5.91 Å². The summed E-state index contributed by atoms with van der Waals surface area (Å²) in [7, 11) is 0. The molecule has 0 unspecified atom stereocenters. The van der Waals surface area contributed by atoms with Gasteiger partial charge in [-0.05, 0) is 24.5 Å². The Morgan fingerprint density at radius 3 is 2.67 bits per heavy atom. The van der Waals surface area contributed by atoms with E-state index in [0.29, 0.717) is 10.3 Å². The number of hydrogen-bond acceptors (Lipinski definition) is 3. The lowest BCUT2D eigenvalue weighted by Gasteiger charge is -2.06. The highest BCUT2D eigenvalue weighted by molar-refractivity contribution is 7.98. The largest absolute Gasteiger partial charge is 0.619 e. The van der Waals surface area contributed by atoms with E-state index in [1.54, 1.807) is 11.8 Å². The van der Waals surface area contributed by atoms with Crippen LogP contribution >= 0.6 is 11.8 Å². The average molecular weight is 260 g/mol. The van der Waals surface area contributed by atoms with Crippen molar-refractivity contribution in [3.05, 3.63) is 59.6 Å². The number of pyridine rings is 1. The fraction of sp³-hybridized carbons (Fsp3) is 0.0769. The standard InChI is InChI=1S/C13H12N2O2S/c1-18-12-4-2-3-11(9-12)14-13(16)10-5-7-15(17)8-6-10/h2-9H,1H3,(H,14,16). The summed E-state index contributed by atoms with van der Waals surface area (Å²) in [4.78, 5) is 13.0. The number of nitrogens with zero attached hydrogens (tertiary/aromatic N) is 1. The predicted octanol–water partition coefficient (Wildman–Crippen LogP) is 2.29. The van der Waals surface area contributed by atoms with E-state index >= 15 is 0 Å². The number of anilines is 1. The molecular formula is C13H12N2O2S. The van der Waals surface area contributed by atoms with Crippen LogP contribution in [0.25, 0.3) is 0 Å². The van der Waals surface area contributed by atoms with Crippen molar-refractivity contribution in [3.63, 3.8) is 0 Å². The molecule has 0 saturated heterocycles. The summed E-state index contributed by atoms with van der Waals surface area (Å²) in [6.45, 7) is 0. The molecule has 1 aromatic carbocycles. The minimum atomic E-state index is -0.228. The van der Waals surface area contributed by atoms with Gasteiger partial charge in [-0.2, -0.15) is 4.73 Å². The lowest BCUT2D eigenvalue weighted by molar-refractivity contribution is -0.605. The normalized spacial score (nSPS) is 10.1. The first-order valence-corrected chi connectivity index (χ1v) is 6.56. The zero-order valence-corrected chi connectivity index (χ0v) is 10.6. The molecule has 0 atom stereocenters. The second-order valence-electron chi connectivity index (χ2n) is 3.63. The average Bonchev–Trinajstić information content (AvgIpc) is 2.39. The fourth-order valence-corrected chi connectivity index (χ4v) is 1.93. The Labute approximate surface area is 109 Å². The molecule has 0 saturated carbocycles. The summed E-state index contributed by atoms with van der Waals surface area (Å²) in [6.07, 6.45) is 4.57. The molecule has 5 heteroatoms. The van der Waals surface area contributed by atoms with Crippen molar-refractivity contribution >= 4 is 23.4 Å². The first kappa shape index (κ1) is 12.4. The molecular weight excluding hydrogens is 248 g/mol. The SMILES string of the molecule is CSc1cccc(NC(=O)c2cc[n+]([O-])cc2)c1. The third-order valence-corrected chi connectivity index (χ3v) is 3.12. The maximum atomic E-state index is 11.9. The maximum absolute atomic E-state index is 11.9. The quantitative estimate of drug-likeness (QED) is 0.523. The Hall–Kier alpha value is -2.01. The smallest absolute Gasteiger partial charge is 0.256 e. The number of carbonyl (C=O) groups excluding carboxylic acids is 1. The van der Waals surface area contributed by atoms with Gasteiger partial charge in [-0.25, -0.2) is 0 Å². The summed E-state index contributed by atoms with van der Waals surface area (Å²) >= 11 is 1.61. The second kappa shape index (κ2) is 5.55. The molecule has 1 heterocycles. The van der Waals surface area contributed by atoms with Crippen LogP contribution in [0.15, 0.2) is 53.7 Å². The van der Waals surface area contributed by atoms with Gasteiger partial charge in [-0.1, -0.05) is 6.07 Å². The van der Waals surface area contributed by atoms with Crippen molar-refractivity contribution in [2.24, 2.45) is 0 Å². The van der Waals surface area contributed by atoms with Crippen LogP contribution in [0.4, 0.5) is 5.69 Å². The lowest BCUT2D eigenvalue weighted by Crippen LogP contribution is -2.25. The first-order chi connectivity index (χ1) is 8.69. The van der Waals surface area contributed by atoms with Gasteiger partial charge < -0.3 is 10.5 Å². The molecule has 18 heavy (non-hydrogen) atoms. The zero-order chi connectivity index (χ0) is 13.0. The monoisotopic (exact) mass is 260 g/mol. The van der Waals surface area contributed by atoms with E-state index in [-0.39, 0.29) is 5.91 Å². The highest BCUT2D eigenvalue weighted by Gasteiger charge is 2.07. The molecule has 0 aliphatic heterocycles. The summed E-state index contributed by atoms with van der Waals surface area (Å²) in [6, 6.07) is 10.6. The fourth-order valence-electron chi connectivity index (χ4n) is 1.47. The molecule has 0 bridgehead atoms.